The standard InChI is InChI=1S/C11H9BrF3N5O/c1-6-18-10-8(2-7(12)3-16-10)19(6)5-20-17-4-9(21-20)11(13,14)15/h2-4,17H,5H2,1H3. The van der Waals surface area contributed by atoms with Crippen LogP contribution < -0.4 is 5.43 Å². The lowest BCUT2D eigenvalue weighted by atomic mass is 10.4. The Bertz CT molecular complexity index is 726. The number of hydrogen-bond donors (Lipinski definition) is 1. The molecule has 112 valence electrons. The van der Waals surface area contributed by atoms with E-state index in [1.807, 2.05) is 0 Å². The average molecular weight is 364 g/mol. The summed E-state index contributed by atoms with van der Waals surface area (Å²) >= 11 is 3.30. The van der Waals surface area contributed by atoms with Crippen molar-refractivity contribution in [3.8, 4) is 0 Å². The normalized spacial score (nSPS) is 16.0. The number of imidazole rings is 1. The van der Waals surface area contributed by atoms with Crippen LogP contribution in [-0.4, -0.2) is 25.9 Å². The highest BCUT2D eigenvalue weighted by Gasteiger charge is 2.40. The molecule has 10 heteroatoms. The zero-order valence-electron chi connectivity index (χ0n) is 10.6. The number of nitrogens with one attached hydrogen (secondary N) is 1. The monoisotopic (exact) mass is 363 g/mol. The summed E-state index contributed by atoms with van der Waals surface area (Å²) in [6.07, 6.45) is -2.16. The number of hydroxylamine groups is 1. The number of nitrogens with zero attached hydrogens (tertiary/aromatic N) is 4. The summed E-state index contributed by atoms with van der Waals surface area (Å²) in [4.78, 5) is 13.1. The van der Waals surface area contributed by atoms with Gasteiger partial charge in [0.15, 0.2) is 5.65 Å². The van der Waals surface area contributed by atoms with Gasteiger partial charge in [-0.05, 0) is 34.1 Å². The van der Waals surface area contributed by atoms with Crippen LogP contribution in [0.2, 0.25) is 0 Å². The molecule has 3 rings (SSSR count). The fraction of sp³-hybridized carbons (Fsp3) is 0.273. The van der Waals surface area contributed by atoms with E-state index in [4.69, 9.17) is 4.84 Å². The third kappa shape index (κ3) is 2.68. The SMILES string of the molecule is Cc1nc2ncc(Br)cc2n1CN1NC=C(C(F)(F)F)O1. The molecule has 0 saturated heterocycles. The molecule has 0 amide bonds. The van der Waals surface area contributed by atoms with Crippen LogP contribution in [0.1, 0.15) is 5.82 Å². The third-order valence-electron chi connectivity index (χ3n) is 2.86. The predicted octanol–water partition coefficient (Wildman–Crippen LogP) is 2.62. The van der Waals surface area contributed by atoms with E-state index in [2.05, 4.69) is 31.3 Å². The number of aromatic nitrogens is 3. The molecule has 2 aromatic heterocycles. The van der Waals surface area contributed by atoms with Gasteiger partial charge in [-0.15, -0.1) is 0 Å². The van der Waals surface area contributed by atoms with Crippen LogP contribution in [-0.2, 0) is 11.5 Å². The van der Waals surface area contributed by atoms with Gasteiger partial charge in [-0.1, -0.05) is 0 Å². The Labute approximate surface area is 125 Å². The molecule has 0 fully saturated rings. The molecule has 1 aliphatic heterocycles. The molecule has 0 unspecified atom stereocenters. The number of aryl methyl sites for hydroxylation is 1. The summed E-state index contributed by atoms with van der Waals surface area (Å²) in [5.41, 5.74) is 3.61. The number of hydrazine groups is 1. The molecule has 2 aromatic rings. The van der Waals surface area contributed by atoms with Crippen LogP contribution in [0.4, 0.5) is 13.2 Å². The Morgan fingerprint density at radius 2 is 2.19 bits per heavy atom. The Morgan fingerprint density at radius 3 is 2.86 bits per heavy atom. The van der Waals surface area contributed by atoms with Gasteiger partial charge in [0.05, 0.1) is 11.7 Å². The molecule has 0 aromatic carbocycles. The molecule has 0 aliphatic carbocycles. The van der Waals surface area contributed by atoms with Crippen molar-refractivity contribution >= 4 is 27.1 Å². The maximum Gasteiger partial charge on any atom is 0.453 e. The zero-order chi connectivity index (χ0) is 15.2. The van der Waals surface area contributed by atoms with Crippen LogP contribution in [0.15, 0.2) is 28.7 Å². The van der Waals surface area contributed by atoms with Crippen LogP contribution in [0.5, 0.6) is 0 Å². The molecule has 0 radical (unpaired) electrons. The van der Waals surface area contributed by atoms with Gasteiger partial charge in [0.25, 0.3) is 0 Å². The largest absolute Gasteiger partial charge is 0.453 e. The number of rotatable bonds is 2. The molecule has 6 nitrogen and oxygen atoms in total. The average Bonchev–Trinajstić information content (AvgIpc) is 2.96. The summed E-state index contributed by atoms with van der Waals surface area (Å²) in [7, 11) is 0. The van der Waals surface area contributed by atoms with E-state index < -0.39 is 11.9 Å². The second kappa shape index (κ2) is 4.88. The van der Waals surface area contributed by atoms with Crippen molar-refractivity contribution in [3.05, 3.63) is 34.5 Å². The van der Waals surface area contributed by atoms with Gasteiger partial charge in [0, 0.05) is 10.7 Å². The second-order valence-electron chi connectivity index (χ2n) is 4.33. The molecule has 0 bridgehead atoms. The van der Waals surface area contributed by atoms with E-state index >= 15 is 0 Å². The molecule has 21 heavy (non-hydrogen) atoms. The topological polar surface area (TPSA) is 55.2 Å². The van der Waals surface area contributed by atoms with Crippen LogP contribution in [0.25, 0.3) is 11.2 Å². The number of halogens is 4. The van der Waals surface area contributed by atoms with Crippen molar-refractivity contribution in [2.75, 3.05) is 0 Å². The van der Waals surface area contributed by atoms with Gasteiger partial charge in [-0.2, -0.15) is 13.2 Å². The van der Waals surface area contributed by atoms with Crippen LogP contribution in [0, 0.1) is 6.92 Å². The van der Waals surface area contributed by atoms with E-state index in [0.717, 1.165) is 15.8 Å². The maximum absolute atomic E-state index is 12.5. The molecular formula is C11H9BrF3N5O. The fourth-order valence-electron chi connectivity index (χ4n) is 1.91. The fourth-order valence-corrected chi connectivity index (χ4v) is 2.23. The maximum atomic E-state index is 12.5. The van der Waals surface area contributed by atoms with Crippen molar-refractivity contribution in [1.29, 1.82) is 0 Å². The van der Waals surface area contributed by atoms with Gasteiger partial charge in [0.2, 0.25) is 5.76 Å². The summed E-state index contributed by atoms with van der Waals surface area (Å²) in [5, 5.41) is 0.970. The number of fused-ring (bicyclic) bond motifs is 1. The van der Waals surface area contributed by atoms with Gasteiger partial charge < -0.3 is 9.40 Å². The van der Waals surface area contributed by atoms with E-state index in [1.165, 1.54) is 0 Å². The first-order chi connectivity index (χ1) is 9.84. The first-order valence-corrected chi connectivity index (χ1v) is 6.61. The van der Waals surface area contributed by atoms with Gasteiger partial charge >= 0.3 is 6.18 Å². The summed E-state index contributed by atoms with van der Waals surface area (Å²) in [6.45, 7) is 1.76. The quantitative estimate of drug-likeness (QED) is 0.888. The van der Waals surface area contributed by atoms with Gasteiger partial charge in [0.1, 0.15) is 12.5 Å². The Balaban J connectivity index is 1.84. The molecule has 3 heterocycles. The van der Waals surface area contributed by atoms with Crippen molar-refractivity contribution in [2.45, 2.75) is 19.8 Å². The minimum absolute atomic E-state index is 0.0244. The van der Waals surface area contributed by atoms with Crippen LogP contribution >= 0.6 is 15.9 Å². The summed E-state index contributed by atoms with van der Waals surface area (Å²) < 4.78 is 39.9. The van der Waals surface area contributed by atoms with Gasteiger partial charge in [-0.3, -0.25) is 5.43 Å². The summed E-state index contributed by atoms with van der Waals surface area (Å²) in [5.74, 6) is -0.481. The Morgan fingerprint density at radius 1 is 1.43 bits per heavy atom. The highest BCUT2D eigenvalue weighted by atomic mass is 79.9. The Kier molecular flexibility index (Phi) is 3.29. The summed E-state index contributed by atoms with van der Waals surface area (Å²) in [6, 6.07) is 1.79. The number of hydrogen-bond acceptors (Lipinski definition) is 5. The van der Waals surface area contributed by atoms with Gasteiger partial charge in [-0.25, -0.2) is 9.97 Å². The molecule has 0 spiro atoms. The third-order valence-corrected chi connectivity index (χ3v) is 3.29. The lowest BCUT2D eigenvalue weighted by Crippen LogP contribution is -2.32. The zero-order valence-corrected chi connectivity index (χ0v) is 12.2. The van der Waals surface area contributed by atoms with Crippen molar-refractivity contribution < 1.29 is 18.0 Å². The van der Waals surface area contributed by atoms with Crippen molar-refractivity contribution in [2.24, 2.45) is 0 Å². The minimum Gasteiger partial charge on any atom is -0.378 e. The van der Waals surface area contributed by atoms with E-state index in [-0.39, 0.29) is 6.67 Å². The number of pyridine rings is 1. The lowest BCUT2D eigenvalue weighted by molar-refractivity contribution is -0.211. The van der Waals surface area contributed by atoms with Crippen LogP contribution in [0.3, 0.4) is 0 Å². The van der Waals surface area contributed by atoms with Crippen molar-refractivity contribution in [3.63, 3.8) is 0 Å². The smallest absolute Gasteiger partial charge is 0.378 e. The highest BCUT2D eigenvalue weighted by molar-refractivity contribution is 9.10. The second-order valence-corrected chi connectivity index (χ2v) is 5.25. The Hall–Kier alpha value is -1.81. The molecule has 1 N–H and O–H groups in total. The minimum atomic E-state index is -4.53. The molecular weight excluding hydrogens is 355 g/mol. The predicted molar refractivity (Wildman–Crippen MR) is 70.2 cm³/mol. The first kappa shape index (κ1) is 14.1. The molecule has 0 atom stereocenters. The van der Waals surface area contributed by atoms with E-state index in [1.54, 1.807) is 23.8 Å². The lowest BCUT2D eigenvalue weighted by Gasteiger charge is -2.18. The molecule has 1 aliphatic rings. The first-order valence-electron chi connectivity index (χ1n) is 5.82. The van der Waals surface area contributed by atoms with Crippen molar-refractivity contribution in [1.82, 2.24) is 25.1 Å². The highest BCUT2D eigenvalue weighted by Crippen LogP contribution is 2.29. The molecule has 0 saturated carbocycles. The number of alkyl halides is 3. The number of allylic oxidation sites excluding steroid dienone is 1. The van der Waals surface area contributed by atoms with E-state index in [0.29, 0.717) is 17.0 Å². The van der Waals surface area contributed by atoms with E-state index in [9.17, 15) is 13.2 Å².